The molecule has 5 fully saturated rings. The minimum Gasteiger partial charge on any atom is -0.343 e. The molecule has 0 spiro atoms. The molecule has 1 amide bonds. The molecule has 0 saturated heterocycles. The van der Waals surface area contributed by atoms with Crippen molar-refractivity contribution in [3.63, 3.8) is 0 Å². The quantitative estimate of drug-likeness (QED) is 0.0871. The van der Waals surface area contributed by atoms with Crippen LogP contribution in [0, 0.1) is 64.1 Å². The summed E-state index contributed by atoms with van der Waals surface area (Å²) in [5.41, 5.74) is 14.9. The van der Waals surface area contributed by atoms with Crippen molar-refractivity contribution >= 4 is 52.3 Å². The number of fused-ring (bicyclic) bond motifs is 5. The fraction of sp³-hybridized carbons (Fsp3) is 0.932. The SMILES string of the molecule is CC[C@H](CC[C@@H](C)[C@H]1CC[C@H]2[C@@H]3CC=C4C[C@@H](SSCCC(=O)N(CCC5CC(N)C5)CCC5CC(N)C5)CC[C@]4(C)[C@H]3CC[C@]12C)C(C)C.Cl.Cl. The third-order valence-corrected chi connectivity index (χ3v) is 19.3. The lowest BCUT2D eigenvalue weighted by molar-refractivity contribution is -0.131. The van der Waals surface area contributed by atoms with Crippen LogP contribution < -0.4 is 11.5 Å². The summed E-state index contributed by atoms with van der Waals surface area (Å²) in [6.07, 6.45) is 25.7. The zero-order valence-electron chi connectivity index (χ0n) is 34.0. The molecule has 6 rings (SSSR count). The highest BCUT2D eigenvalue weighted by atomic mass is 35.5. The van der Waals surface area contributed by atoms with Crippen molar-refractivity contribution in [3.8, 4) is 0 Å². The van der Waals surface area contributed by atoms with Gasteiger partial charge in [0.25, 0.3) is 0 Å². The summed E-state index contributed by atoms with van der Waals surface area (Å²) in [7, 11) is 4.08. The van der Waals surface area contributed by atoms with Gasteiger partial charge < -0.3 is 16.4 Å². The highest BCUT2D eigenvalue weighted by Gasteiger charge is 2.59. The number of nitrogens with zero attached hydrogens (tertiary/aromatic N) is 1. The van der Waals surface area contributed by atoms with Crippen LogP contribution in [0.2, 0.25) is 0 Å². The fourth-order valence-electron chi connectivity index (χ4n) is 12.9. The average molecular weight is 801 g/mol. The second-order valence-corrected chi connectivity index (χ2v) is 22.4. The van der Waals surface area contributed by atoms with Gasteiger partial charge in [0.15, 0.2) is 0 Å². The monoisotopic (exact) mass is 800 g/mol. The number of carbonyl (C=O) groups is 1. The number of halogens is 2. The van der Waals surface area contributed by atoms with Crippen LogP contribution in [0.3, 0.4) is 0 Å². The van der Waals surface area contributed by atoms with Gasteiger partial charge in [0.1, 0.15) is 0 Å². The molecule has 52 heavy (non-hydrogen) atoms. The predicted octanol–water partition coefficient (Wildman–Crippen LogP) is 11.7. The van der Waals surface area contributed by atoms with E-state index >= 15 is 0 Å². The summed E-state index contributed by atoms with van der Waals surface area (Å²) >= 11 is 0. The van der Waals surface area contributed by atoms with Crippen LogP contribution in [0.25, 0.3) is 0 Å². The molecule has 0 radical (unpaired) electrons. The average Bonchev–Trinajstić information content (AvgIpc) is 3.42. The first-order valence-electron chi connectivity index (χ1n) is 21.7. The molecular weight excluding hydrogens is 722 g/mol. The molecule has 0 aromatic carbocycles. The fourth-order valence-corrected chi connectivity index (χ4v) is 15.5. The van der Waals surface area contributed by atoms with Gasteiger partial charge in [-0.2, -0.15) is 0 Å². The van der Waals surface area contributed by atoms with E-state index in [1.165, 1.54) is 70.6 Å². The van der Waals surface area contributed by atoms with E-state index in [0.29, 0.717) is 40.5 Å². The lowest BCUT2D eigenvalue weighted by Gasteiger charge is -2.58. The second kappa shape index (κ2) is 19.7. The number of hydrogen-bond donors (Lipinski definition) is 2. The van der Waals surface area contributed by atoms with Gasteiger partial charge in [-0.3, -0.25) is 4.79 Å². The smallest absolute Gasteiger partial charge is 0.223 e. The van der Waals surface area contributed by atoms with E-state index in [4.69, 9.17) is 11.5 Å². The predicted molar refractivity (Wildman–Crippen MR) is 232 cm³/mol. The minimum absolute atomic E-state index is 0. The molecule has 302 valence electrons. The van der Waals surface area contributed by atoms with Crippen LogP contribution in [0.15, 0.2) is 11.6 Å². The van der Waals surface area contributed by atoms with E-state index in [2.05, 4.69) is 63.3 Å². The summed E-state index contributed by atoms with van der Waals surface area (Å²) in [6, 6.07) is 0.783. The van der Waals surface area contributed by atoms with Crippen molar-refractivity contribution in [2.75, 3.05) is 18.8 Å². The topological polar surface area (TPSA) is 72.3 Å². The third kappa shape index (κ3) is 10.1. The van der Waals surface area contributed by atoms with E-state index in [-0.39, 0.29) is 24.8 Å². The van der Waals surface area contributed by atoms with Crippen molar-refractivity contribution in [2.24, 2.45) is 75.6 Å². The summed E-state index contributed by atoms with van der Waals surface area (Å²) < 4.78 is 0. The summed E-state index contributed by atoms with van der Waals surface area (Å²) in [5, 5.41) is 0.705. The number of nitrogens with two attached hydrogens (primary N) is 2. The Kier molecular flexibility index (Phi) is 17.1. The Morgan fingerprint density at radius 3 is 2.15 bits per heavy atom. The van der Waals surface area contributed by atoms with Crippen molar-refractivity contribution in [2.45, 2.75) is 174 Å². The van der Waals surface area contributed by atoms with Crippen molar-refractivity contribution < 1.29 is 4.79 Å². The standard InChI is InChI=1S/C44H77N3OS2.2ClH/c1-7-33(29(2)3)9-8-30(4)39-12-13-40-38-11-10-34-28-37(14-19-43(34,5)41(38)15-20-44(39,40)6)50-49-23-18-42(48)47(21-16-31-24-35(45)25-31)22-17-32-26-36(46)27-32;;/h10,29-33,35-41H,7-9,11-28,45-46H2,1-6H3;2*1H/t30-,31?,32?,33-,35?,36?,37+,38+,39-,40+,41+,43+,44-;;/m1../s1. The Hall–Kier alpha value is 0.410. The number of carbonyl (C=O) groups excluding carboxylic acids is 1. The zero-order valence-corrected chi connectivity index (χ0v) is 37.3. The molecule has 5 saturated carbocycles. The first-order valence-corrected chi connectivity index (χ1v) is 24.1. The van der Waals surface area contributed by atoms with Crippen molar-refractivity contribution in [1.29, 1.82) is 0 Å². The molecule has 4 N–H and O–H groups in total. The Bertz CT molecular complexity index is 1140. The van der Waals surface area contributed by atoms with Crippen LogP contribution >= 0.6 is 46.4 Å². The van der Waals surface area contributed by atoms with Crippen LogP contribution in [-0.4, -0.2) is 47.0 Å². The molecule has 0 aromatic heterocycles. The first-order chi connectivity index (χ1) is 23.9. The molecule has 0 heterocycles. The Balaban J connectivity index is 0.00000302. The van der Waals surface area contributed by atoms with Gasteiger partial charge >= 0.3 is 0 Å². The third-order valence-electron chi connectivity index (χ3n) is 16.4. The summed E-state index contributed by atoms with van der Waals surface area (Å²) in [4.78, 5) is 15.6. The Labute approximate surface area is 340 Å². The van der Waals surface area contributed by atoms with E-state index in [9.17, 15) is 4.79 Å². The maximum Gasteiger partial charge on any atom is 0.223 e. The molecule has 6 aliphatic rings. The van der Waals surface area contributed by atoms with Gasteiger partial charge in [-0.25, -0.2) is 0 Å². The Morgan fingerprint density at radius 1 is 0.904 bits per heavy atom. The Morgan fingerprint density at radius 2 is 1.56 bits per heavy atom. The van der Waals surface area contributed by atoms with Gasteiger partial charge in [-0.15, -0.1) is 24.8 Å². The minimum atomic E-state index is 0. The maximum absolute atomic E-state index is 13.4. The number of allylic oxidation sites excluding steroid dienone is 2. The largest absolute Gasteiger partial charge is 0.343 e. The molecule has 0 unspecified atom stereocenters. The molecular formula is C44H79Cl2N3OS2. The number of rotatable bonds is 17. The van der Waals surface area contributed by atoms with Gasteiger partial charge in [-0.05, 0) is 160 Å². The lowest BCUT2D eigenvalue weighted by atomic mass is 9.47. The highest BCUT2D eigenvalue weighted by molar-refractivity contribution is 8.76. The normalized spacial score (nSPS) is 38.9. The zero-order chi connectivity index (χ0) is 35.6. The number of hydrogen-bond acceptors (Lipinski definition) is 5. The molecule has 0 aromatic rings. The highest BCUT2D eigenvalue weighted by Crippen LogP contribution is 2.68. The maximum atomic E-state index is 13.4. The van der Waals surface area contributed by atoms with Crippen molar-refractivity contribution in [3.05, 3.63) is 11.6 Å². The lowest BCUT2D eigenvalue weighted by Crippen LogP contribution is -2.50. The van der Waals surface area contributed by atoms with Gasteiger partial charge in [-0.1, -0.05) is 87.6 Å². The van der Waals surface area contributed by atoms with Crippen molar-refractivity contribution in [1.82, 2.24) is 4.90 Å². The van der Waals surface area contributed by atoms with E-state index in [1.54, 1.807) is 0 Å². The molecule has 6 aliphatic carbocycles. The van der Waals surface area contributed by atoms with Gasteiger partial charge in [0.05, 0.1) is 0 Å². The summed E-state index contributed by atoms with van der Waals surface area (Å²) in [6.45, 7) is 17.2. The van der Waals surface area contributed by atoms with Crippen LogP contribution in [0.5, 0.6) is 0 Å². The van der Waals surface area contributed by atoms with E-state index in [1.807, 2.05) is 16.4 Å². The molecule has 8 heteroatoms. The van der Waals surface area contributed by atoms with E-state index < -0.39 is 0 Å². The first kappa shape index (κ1) is 45.1. The van der Waals surface area contributed by atoms with Crippen LogP contribution in [0.4, 0.5) is 0 Å². The van der Waals surface area contributed by atoms with Gasteiger partial charge in [0, 0.05) is 42.6 Å². The molecule has 4 nitrogen and oxygen atoms in total. The molecule has 0 bridgehead atoms. The van der Waals surface area contributed by atoms with Crippen LogP contribution in [-0.2, 0) is 4.79 Å². The summed E-state index contributed by atoms with van der Waals surface area (Å²) in [5.74, 6) is 9.03. The van der Waals surface area contributed by atoms with Gasteiger partial charge in [0.2, 0.25) is 5.91 Å². The second-order valence-electron chi connectivity index (χ2n) is 19.6. The van der Waals surface area contributed by atoms with E-state index in [0.717, 1.165) is 111 Å². The molecule has 9 atom stereocenters. The number of amides is 1. The van der Waals surface area contributed by atoms with Crippen LogP contribution in [0.1, 0.15) is 157 Å². The molecule has 0 aliphatic heterocycles.